The van der Waals surface area contributed by atoms with Gasteiger partial charge < -0.3 is 4.74 Å². The van der Waals surface area contributed by atoms with Crippen molar-refractivity contribution in [3.8, 4) is 5.75 Å². The third-order valence-electron chi connectivity index (χ3n) is 5.34. The van der Waals surface area contributed by atoms with Gasteiger partial charge in [-0.15, -0.1) is 0 Å². The Morgan fingerprint density at radius 2 is 1.93 bits per heavy atom. The monoisotopic (exact) mass is 373 g/mol. The number of alkyl halides is 2. The summed E-state index contributed by atoms with van der Waals surface area (Å²) < 4.78 is 45.9. The maximum absolute atomic E-state index is 13.4. The third kappa shape index (κ3) is 3.74. The van der Waals surface area contributed by atoms with E-state index in [0.29, 0.717) is 23.8 Å². The van der Waals surface area contributed by atoms with E-state index in [9.17, 15) is 13.2 Å². The molecule has 27 heavy (non-hydrogen) atoms. The van der Waals surface area contributed by atoms with E-state index >= 15 is 0 Å². The molecule has 0 spiro atoms. The van der Waals surface area contributed by atoms with Crippen LogP contribution >= 0.6 is 0 Å². The molecule has 0 saturated carbocycles. The molecule has 0 N–H and O–H groups in total. The quantitative estimate of drug-likeness (QED) is 0.721. The average Bonchev–Trinajstić information content (AvgIpc) is 3.07. The lowest BCUT2D eigenvalue weighted by Gasteiger charge is -2.28. The van der Waals surface area contributed by atoms with Crippen molar-refractivity contribution in [3.05, 3.63) is 70.5 Å². The van der Waals surface area contributed by atoms with Crippen LogP contribution in [0.3, 0.4) is 0 Å². The first-order valence-electron chi connectivity index (χ1n) is 9.27. The van der Waals surface area contributed by atoms with Crippen LogP contribution in [-0.4, -0.2) is 31.1 Å². The number of rotatable bonds is 4. The van der Waals surface area contributed by atoms with Gasteiger partial charge in [0.05, 0.1) is 0 Å². The highest BCUT2D eigenvalue weighted by Crippen LogP contribution is 2.40. The van der Waals surface area contributed by atoms with Gasteiger partial charge in [-0.3, -0.25) is 4.90 Å². The zero-order valence-corrected chi connectivity index (χ0v) is 15.2. The number of hydrogen-bond acceptors (Lipinski definition) is 2. The number of fused-ring (bicyclic) bond motifs is 1. The van der Waals surface area contributed by atoms with Crippen LogP contribution in [0.2, 0.25) is 0 Å². The van der Waals surface area contributed by atoms with E-state index in [0.717, 1.165) is 42.8 Å². The van der Waals surface area contributed by atoms with Gasteiger partial charge in [0.25, 0.3) is 6.43 Å². The first-order chi connectivity index (χ1) is 13.0. The summed E-state index contributed by atoms with van der Waals surface area (Å²) in [5, 5.41) is 0. The molecule has 1 atom stereocenters. The van der Waals surface area contributed by atoms with Crippen molar-refractivity contribution in [2.45, 2.75) is 19.8 Å². The van der Waals surface area contributed by atoms with Crippen LogP contribution in [0, 0.1) is 11.7 Å². The Labute approximate surface area is 157 Å². The second-order valence-electron chi connectivity index (χ2n) is 7.46. The smallest absolute Gasteiger partial charge is 0.263 e. The maximum atomic E-state index is 13.4. The van der Waals surface area contributed by atoms with Gasteiger partial charge in [0, 0.05) is 24.2 Å². The summed E-state index contributed by atoms with van der Waals surface area (Å²) in [6.07, 6.45) is -1.39. The Bertz CT molecular complexity index is 860. The van der Waals surface area contributed by atoms with Crippen molar-refractivity contribution in [1.29, 1.82) is 0 Å². The molecule has 1 fully saturated rings. The Morgan fingerprint density at radius 1 is 1.15 bits per heavy atom. The van der Waals surface area contributed by atoms with Crippen molar-refractivity contribution >= 4 is 5.57 Å². The highest BCUT2D eigenvalue weighted by molar-refractivity contribution is 5.86. The van der Waals surface area contributed by atoms with Gasteiger partial charge in [0.15, 0.2) is 0 Å². The van der Waals surface area contributed by atoms with E-state index in [1.165, 1.54) is 24.3 Å². The van der Waals surface area contributed by atoms with Crippen molar-refractivity contribution in [2.75, 3.05) is 26.2 Å². The first kappa shape index (κ1) is 18.1. The van der Waals surface area contributed by atoms with Gasteiger partial charge in [-0.25, -0.2) is 13.2 Å². The summed E-state index contributed by atoms with van der Waals surface area (Å²) in [4.78, 5) is 2.37. The Balaban J connectivity index is 1.80. The molecule has 0 bridgehead atoms. The highest BCUT2D eigenvalue weighted by Gasteiger charge is 2.26. The van der Waals surface area contributed by atoms with Gasteiger partial charge in [-0.1, -0.05) is 19.1 Å². The van der Waals surface area contributed by atoms with E-state index in [2.05, 4.69) is 11.8 Å². The molecule has 142 valence electrons. The molecule has 0 aromatic heterocycles. The summed E-state index contributed by atoms with van der Waals surface area (Å²) >= 11 is 0. The van der Waals surface area contributed by atoms with Crippen molar-refractivity contribution in [1.82, 2.24) is 4.90 Å². The van der Waals surface area contributed by atoms with Crippen LogP contribution in [0.4, 0.5) is 13.2 Å². The van der Waals surface area contributed by atoms with Crippen LogP contribution in [0.5, 0.6) is 5.75 Å². The first-order valence-corrected chi connectivity index (χ1v) is 9.27. The molecule has 5 heteroatoms. The van der Waals surface area contributed by atoms with E-state index in [1.807, 2.05) is 0 Å². The maximum Gasteiger partial charge on any atom is 0.263 e. The van der Waals surface area contributed by atoms with Gasteiger partial charge in [-0.05, 0) is 65.9 Å². The molecule has 2 aromatic rings. The standard InChI is InChI=1S/C22H22F3NO/c1-14-8-9-26(11-14)12-17-13-27-20-7-4-16(22(24)25)10-19(20)21(17)15-2-5-18(23)6-3-15/h2-7,10,14,22H,8-9,11-13H2,1H3. The highest BCUT2D eigenvalue weighted by atomic mass is 19.3. The second kappa shape index (κ2) is 7.39. The fourth-order valence-corrected chi connectivity index (χ4v) is 3.97. The number of likely N-dealkylation sites (tertiary alicyclic amines) is 1. The van der Waals surface area contributed by atoms with Crippen molar-refractivity contribution < 1.29 is 17.9 Å². The van der Waals surface area contributed by atoms with E-state index in [4.69, 9.17) is 4.74 Å². The fraction of sp³-hybridized carbons (Fsp3) is 0.364. The number of benzene rings is 2. The molecule has 2 nitrogen and oxygen atoms in total. The summed E-state index contributed by atoms with van der Waals surface area (Å²) in [5.74, 6) is 0.933. The minimum absolute atomic E-state index is 0.0343. The third-order valence-corrected chi connectivity index (χ3v) is 5.34. The topological polar surface area (TPSA) is 12.5 Å². The zero-order valence-electron chi connectivity index (χ0n) is 15.2. The van der Waals surface area contributed by atoms with E-state index in [1.54, 1.807) is 18.2 Å². The lowest BCUT2D eigenvalue weighted by Crippen LogP contribution is -2.27. The molecular formula is C22H22F3NO. The predicted octanol–water partition coefficient (Wildman–Crippen LogP) is 5.30. The minimum Gasteiger partial charge on any atom is -0.489 e. The van der Waals surface area contributed by atoms with Gasteiger partial charge >= 0.3 is 0 Å². The SMILES string of the molecule is CC1CCN(CC2=C(c3ccc(F)cc3)c3cc(C(F)F)ccc3OC2)C1. The lowest BCUT2D eigenvalue weighted by molar-refractivity contribution is 0.151. The summed E-state index contributed by atoms with van der Waals surface area (Å²) in [6.45, 7) is 5.42. The largest absolute Gasteiger partial charge is 0.489 e. The predicted molar refractivity (Wildman–Crippen MR) is 99.5 cm³/mol. The average molecular weight is 373 g/mol. The molecule has 2 heterocycles. The molecule has 4 rings (SSSR count). The Kier molecular flexibility index (Phi) is 4.96. The molecule has 1 unspecified atom stereocenters. The lowest BCUT2D eigenvalue weighted by atomic mass is 9.89. The van der Waals surface area contributed by atoms with Crippen LogP contribution < -0.4 is 4.74 Å². The number of halogens is 3. The fourth-order valence-electron chi connectivity index (χ4n) is 3.97. The molecule has 2 aromatic carbocycles. The molecule has 2 aliphatic rings. The van der Waals surface area contributed by atoms with Gasteiger partial charge in [0.2, 0.25) is 0 Å². The molecule has 0 amide bonds. The molecule has 1 saturated heterocycles. The molecule has 0 aliphatic carbocycles. The number of ether oxygens (including phenoxy) is 1. The number of nitrogens with zero attached hydrogens (tertiary/aromatic N) is 1. The molecule has 2 aliphatic heterocycles. The molecule has 0 radical (unpaired) electrons. The molecular weight excluding hydrogens is 351 g/mol. The van der Waals surface area contributed by atoms with Crippen LogP contribution in [0.1, 0.15) is 36.5 Å². The van der Waals surface area contributed by atoms with Crippen LogP contribution in [-0.2, 0) is 0 Å². The summed E-state index contributed by atoms with van der Waals surface area (Å²) in [6, 6.07) is 10.7. The minimum atomic E-state index is -2.55. The van der Waals surface area contributed by atoms with E-state index < -0.39 is 6.43 Å². The Hall–Kier alpha value is -2.27. The number of hydrogen-bond donors (Lipinski definition) is 0. The van der Waals surface area contributed by atoms with Crippen LogP contribution in [0.25, 0.3) is 5.57 Å². The zero-order chi connectivity index (χ0) is 19.0. The van der Waals surface area contributed by atoms with Gasteiger partial charge in [-0.2, -0.15) is 0 Å². The Morgan fingerprint density at radius 3 is 2.59 bits per heavy atom. The van der Waals surface area contributed by atoms with E-state index in [-0.39, 0.29) is 11.4 Å². The van der Waals surface area contributed by atoms with Crippen LogP contribution in [0.15, 0.2) is 48.0 Å². The normalized spacial score (nSPS) is 20.1. The van der Waals surface area contributed by atoms with Crippen molar-refractivity contribution in [3.63, 3.8) is 0 Å². The van der Waals surface area contributed by atoms with Gasteiger partial charge in [0.1, 0.15) is 18.2 Å². The second-order valence-corrected chi connectivity index (χ2v) is 7.46. The van der Waals surface area contributed by atoms with Crippen molar-refractivity contribution in [2.24, 2.45) is 5.92 Å². The summed E-state index contributed by atoms with van der Waals surface area (Å²) in [7, 11) is 0. The summed E-state index contributed by atoms with van der Waals surface area (Å²) in [5.41, 5.74) is 3.39.